The number of nitrogens with zero attached hydrogens (tertiary/aromatic N) is 3. The van der Waals surface area contributed by atoms with Crippen molar-refractivity contribution in [1.29, 1.82) is 0 Å². The molecule has 18 heavy (non-hydrogen) atoms. The second kappa shape index (κ2) is 6.11. The average molecular weight is 288 g/mol. The Labute approximate surface area is 119 Å². The summed E-state index contributed by atoms with van der Waals surface area (Å²) in [5.74, 6) is 2.81. The SMILES string of the molecule is CSCCN(C)c1nc(C(C)(C)C)nc(Cl)c1C. The van der Waals surface area contributed by atoms with Crippen LogP contribution in [-0.2, 0) is 5.41 Å². The zero-order valence-corrected chi connectivity index (χ0v) is 13.6. The van der Waals surface area contributed by atoms with Crippen LogP contribution in [0.1, 0.15) is 32.2 Å². The number of halogens is 1. The summed E-state index contributed by atoms with van der Waals surface area (Å²) >= 11 is 8.05. The van der Waals surface area contributed by atoms with E-state index in [0.29, 0.717) is 5.15 Å². The predicted octanol–water partition coefficient (Wildman–Crippen LogP) is 3.54. The molecule has 0 atom stereocenters. The lowest BCUT2D eigenvalue weighted by Gasteiger charge is -2.24. The minimum Gasteiger partial charge on any atom is -0.358 e. The zero-order chi connectivity index (χ0) is 13.9. The van der Waals surface area contributed by atoms with E-state index in [1.54, 1.807) is 0 Å². The molecule has 0 aliphatic heterocycles. The van der Waals surface area contributed by atoms with Crippen molar-refractivity contribution in [3.63, 3.8) is 0 Å². The van der Waals surface area contributed by atoms with Crippen molar-refractivity contribution in [2.75, 3.05) is 30.5 Å². The zero-order valence-electron chi connectivity index (χ0n) is 12.0. The summed E-state index contributed by atoms with van der Waals surface area (Å²) in [5, 5.41) is 0.556. The smallest absolute Gasteiger partial charge is 0.137 e. The van der Waals surface area contributed by atoms with Crippen molar-refractivity contribution in [3.8, 4) is 0 Å². The molecule has 0 saturated heterocycles. The van der Waals surface area contributed by atoms with Crippen molar-refractivity contribution in [2.45, 2.75) is 33.1 Å². The van der Waals surface area contributed by atoms with E-state index in [2.05, 4.69) is 41.9 Å². The van der Waals surface area contributed by atoms with Crippen LogP contribution in [0, 0.1) is 6.92 Å². The van der Waals surface area contributed by atoms with Gasteiger partial charge in [-0.05, 0) is 13.2 Å². The molecule has 0 amide bonds. The summed E-state index contributed by atoms with van der Waals surface area (Å²) < 4.78 is 0. The number of hydrogen-bond acceptors (Lipinski definition) is 4. The van der Waals surface area contributed by atoms with E-state index in [4.69, 9.17) is 11.6 Å². The van der Waals surface area contributed by atoms with E-state index in [0.717, 1.165) is 29.5 Å². The van der Waals surface area contributed by atoms with Crippen LogP contribution in [0.25, 0.3) is 0 Å². The van der Waals surface area contributed by atoms with E-state index in [1.807, 2.05) is 25.7 Å². The van der Waals surface area contributed by atoms with Crippen molar-refractivity contribution >= 4 is 29.2 Å². The molecule has 1 rings (SSSR count). The maximum atomic E-state index is 6.22. The summed E-state index contributed by atoms with van der Waals surface area (Å²) in [6.45, 7) is 9.22. The Morgan fingerprint density at radius 3 is 2.39 bits per heavy atom. The second-order valence-corrected chi connectivity index (χ2v) is 6.79. The van der Waals surface area contributed by atoms with Crippen molar-refractivity contribution in [1.82, 2.24) is 9.97 Å². The highest BCUT2D eigenvalue weighted by atomic mass is 35.5. The van der Waals surface area contributed by atoms with E-state index < -0.39 is 0 Å². The molecule has 3 nitrogen and oxygen atoms in total. The van der Waals surface area contributed by atoms with Crippen LogP contribution in [0.4, 0.5) is 5.82 Å². The lowest BCUT2D eigenvalue weighted by atomic mass is 9.95. The summed E-state index contributed by atoms with van der Waals surface area (Å²) in [5.41, 5.74) is 0.861. The van der Waals surface area contributed by atoms with Gasteiger partial charge < -0.3 is 4.90 Å². The Morgan fingerprint density at radius 1 is 1.28 bits per heavy atom. The highest BCUT2D eigenvalue weighted by molar-refractivity contribution is 7.98. The van der Waals surface area contributed by atoms with E-state index in [-0.39, 0.29) is 5.41 Å². The van der Waals surface area contributed by atoms with E-state index in [9.17, 15) is 0 Å². The Kier molecular flexibility index (Phi) is 5.29. The van der Waals surface area contributed by atoms with Crippen molar-refractivity contribution < 1.29 is 0 Å². The first kappa shape index (κ1) is 15.6. The van der Waals surface area contributed by atoms with Crippen molar-refractivity contribution in [3.05, 3.63) is 16.5 Å². The van der Waals surface area contributed by atoms with Gasteiger partial charge in [-0.2, -0.15) is 11.8 Å². The Bertz CT molecular complexity index is 415. The first-order valence-corrected chi connectivity index (χ1v) is 7.79. The van der Waals surface area contributed by atoms with Crippen LogP contribution in [0.3, 0.4) is 0 Å². The third kappa shape index (κ3) is 3.75. The van der Waals surface area contributed by atoms with Gasteiger partial charge in [0.2, 0.25) is 0 Å². The van der Waals surface area contributed by atoms with Crippen LogP contribution >= 0.6 is 23.4 Å². The van der Waals surface area contributed by atoms with Crippen LogP contribution in [-0.4, -0.2) is 35.6 Å². The lowest BCUT2D eigenvalue weighted by Crippen LogP contribution is -2.25. The molecule has 0 aliphatic carbocycles. The highest BCUT2D eigenvalue weighted by Gasteiger charge is 2.21. The Morgan fingerprint density at radius 2 is 1.89 bits per heavy atom. The molecule has 0 aliphatic rings. The molecule has 0 radical (unpaired) electrons. The fourth-order valence-corrected chi connectivity index (χ4v) is 2.14. The molecule has 102 valence electrons. The first-order chi connectivity index (χ1) is 8.27. The van der Waals surface area contributed by atoms with Gasteiger partial charge in [-0.3, -0.25) is 0 Å². The lowest BCUT2D eigenvalue weighted by molar-refractivity contribution is 0.544. The third-order valence-corrected chi connectivity index (χ3v) is 3.68. The largest absolute Gasteiger partial charge is 0.358 e. The molecule has 0 fully saturated rings. The van der Waals surface area contributed by atoms with Crippen LogP contribution in [0.5, 0.6) is 0 Å². The highest BCUT2D eigenvalue weighted by Crippen LogP contribution is 2.27. The summed E-state index contributed by atoms with van der Waals surface area (Å²) in [6, 6.07) is 0. The quantitative estimate of drug-likeness (QED) is 0.792. The average Bonchev–Trinajstić information content (AvgIpc) is 2.27. The van der Waals surface area contributed by atoms with E-state index in [1.165, 1.54) is 0 Å². The van der Waals surface area contributed by atoms with Gasteiger partial charge in [0.25, 0.3) is 0 Å². The number of anilines is 1. The minimum absolute atomic E-state index is 0.0908. The molecule has 1 aromatic heterocycles. The van der Waals surface area contributed by atoms with Crippen molar-refractivity contribution in [2.24, 2.45) is 0 Å². The molecule has 5 heteroatoms. The number of rotatable bonds is 4. The predicted molar refractivity (Wildman–Crippen MR) is 82.1 cm³/mol. The molecular formula is C13H22ClN3S. The topological polar surface area (TPSA) is 29.0 Å². The van der Waals surface area contributed by atoms with Gasteiger partial charge >= 0.3 is 0 Å². The summed E-state index contributed by atoms with van der Waals surface area (Å²) in [7, 11) is 2.05. The number of hydrogen-bond donors (Lipinski definition) is 0. The van der Waals surface area contributed by atoms with Gasteiger partial charge in [0.1, 0.15) is 16.8 Å². The van der Waals surface area contributed by atoms with Crippen LogP contribution < -0.4 is 4.90 Å². The maximum absolute atomic E-state index is 6.22. The number of thioether (sulfide) groups is 1. The molecular weight excluding hydrogens is 266 g/mol. The van der Waals surface area contributed by atoms with Gasteiger partial charge in [0.15, 0.2) is 0 Å². The Balaban J connectivity index is 3.14. The maximum Gasteiger partial charge on any atom is 0.137 e. The fraction of sp³-hybridized carbons (Fsp3) is 0.692. The fourth-order valence-electron chi connectivity index (χ4n) is 1.52. The molecule has 0 unspecified atom stereocenters. The van der Waals surface area contributed by atoms with Gasteiger partial charge in [0, 0.05) is 30.3 Å². The molecule has 0 spiro atoms. The summed E-state index contributed by atoms with van der Waals surface area (Å²) in [4.78, 5) is 11.2. The van der Waals surface area contributed by atoms with Gasteiger partial charge in [-0.15, -0.1) is 0 Å². The second-order valence-electron chi connectivity index (χ2n) is 5.45. The summed E-state index contributed by atoms with van der Waals surface area (Å²) in [6.07, 6.45) is 2.11. The standard InChI is InChI=1S/C13H22ClN3S/c1-9-10(14)15-12(13(2,3)4)16-11(9)17(5)7-8-18-6/h7-8H2,1-6H3. The molecule has 1 aromatic rings. The molecule has 0 saturated carbocycles. The molecule has 1 heterocycles. The normalized spacial score (nSPS) is 11.7. The van der Waals surface area contributed by atoms with Crippen LogP contribution in [0.2, 0.25) is 5.15 Å². The van der Waals surface area contributed by atoms with E-state index >= 15 is 0 Å². The molecule has 0 aromatic carbocycles. The first-order valence-electron chi connectivity index (χ1n) is 6.02. The van der Waals surface area contributed by atoms with Gasteiger partial charge in [-0.25, -0.2) is 9.97 Å². The van der Waals surface area contributed by atoms with Crippen LogP contribution in [0.15, 0.2) is 0 Å². The molecule has 0 N–H and O–H groups in total. The number of aromatic nitrogens is 2. The Hall–Kier alpha value is -0.480. The molecule has 0 bridgehead atoms. The minimum atomic E-state index is -0.0908. The third-order valence-electron chi connectivity index (χ3n) is 2.72. The monoisotopic (exact) mass is 287 g/mol. The van der Waals surface area contributed by atoms with Gasteiger partial charge in [-0.1, -0.05) is 32.4 Å². The van der Waals surface area contributed by atoms with Gasteiger partial charge in [0.05, 0.1) is 0 Å².